The molecule has 1 aromatic carbocycles. The number of urea groups is 1. The summed E-state index contributed by atoms with van der Waals surface area (Å²) < 4.78 is 15.4. The third-order valence-electron chi connectivity index (χ3n) is 3.89. The highest BCUT2D eigenvalue weighted by molar-refractivity contribution is 6.04. The molecule has 0 radical (unpaired) electrons. The van der Waals surface area contributed by atoms with Gasteiger partial charge in [0.1, 0.15) is 11.9 Å². The number of carbonyl (C=O) groups is 2. The minimum absolute atomic E-state index is 0.0907. The monoisotopic (exact) mass is 331 g/mol. The van der Waals surface area contributed by atoms with Crippen molar-refractivity contribution in [3.05, 3.63) is 47.5 Å². The Kier molecular flexibility index (Phi) is 4.28. The minimum Gasteiger partial charge on any atom is -0.325 e. The van der Waals surface area contributed by atoms with Gasteiger partial charge in [-0.3, -0.25) is 9.69 Å². The summed E-state index contributed by atoms with van der Waals surface area (Å²) in [4.78, 5) is 25.5. The fourth-order valence-corrected chi connectivity index (χ4v) is 2.53. The summed E-state index contributed by atoms with van der Waals surface area (Å²) in [6.07, 6.45) is 2.01. The Morgan fingerprint density at radius 2 is 2.04 bits per heavy atom. The summed E-state index contributed by atoms with van der Waals surface area (Å²) in [7, 11) is 0. The van der Waals surface area contributed by atoms with Gasteiger partial charge in [0.05, 0.1) is 12.2 Å². The Bertz CT molecular complexity index is 773. The fraction of sp³-hybridized carbons (Fsp3) is 0.375. The van der Waals surface area contributed by atoms with E-state index >= 15 is 0 Å². The van der Waals surface area contributed by atoms with Gasteiger partial charge in [-0.1, -0.05) is 23.4 Å². The van der Waals surface area contributed by atoms with Crippen LogP contribution >= 0.6 is 0 Å². The number of hydrogen-bond acceptors (Lipinski definition) is 4. The number of aromatic nitrogens is 3. The van der Waals surface area contributed by atoms with Crippen molar-refractivity contribution in [2.45, 2.75) is 38.9 Å². The highest BCUT2D eigenvalue weighted by Gasteiger charge is 2.38. The van der Waals surface area contributed by atoms with E-state index in [-0.39, 0.29) is 24.9 Å². The third-order valence-corrected chi connectivity index (χ3v) is 3.89. The van der Waals surface area contributed by atoms with E-state index in [9.17, 15) is 14.0 Å². The molecule has 1 saturated heterocycles. The van der Waals surface area contributed by atoms with Crippen LogP contribution in [-0.2, 0) is 17.8 Å². The smallest absolute Gasteiger partial charge is 0.325 e. The molecular formula is C16H18FN5O2. The predicted octanol–water partition coefficient (Wildman–Crippen LogP) is 1.66. The first kappa shape index (κ1) is 16.1. The summed E-state index contributed by atoms with van der Waals surface area (Å²) >= 11 is 0. The molecule has 24 heavy (non-hydrogen) atoms. The van der Waals surface area contributed by atoms with Crippen LogP contribution in [0.5, 0.6) is 0 Å². The molecule has 1 aromatic heterocycles. The van der Waals surface area contributed by atoms with E-state index in [0.29, 0.717) is 11.3 Å². The minimum atomic E-state index is -0.707. The fourth-order valence-electron chi connectivity index (χ4n) is 2.53. The third kappa shape index (κ3) is 3.12. The lowest BCUT2D eigenvalue weighted by molar-refractivity contribution is -0.127. The lowest BCUT2D eigenvalue weighted by Crippen LogP contribution is -2.32. The number of hydrogen-bond donors (Lipinski definition) is 1. The largest absolute Gasteiger partial charge is 0.325 e. The molecule has 3 amide bonds. The molecule has 1 fully saturated rings. The van der Waals surface area contributed by atoms with Crippen LogP contribution in [0.15, 0.2) is 30.5 Å². The van der Waals surface area contributed by atoms with Gasteiger partial charge in [0.2, 0.25) is 0 Å². The molecule has 1 unspecified atom stereocenters. The van der Waals surface area contributed by atoms with Crippen LogP contribution in [0.1, 0.15) is 31.1 Å². The van der Waals surface area contributed by atoms with Crippen LogP contribution in [0.4, 0.5) is 9.18 Å². The number of nitrogens with zero attached hydrogens (tertiary/aromatic N) is 4. The average Bonchev–Trinajstić information content (AvgIpc) is 3.10. The second kappa shape index (κ2) is 6.38. The molecule has 3 rings (SSSR count). The molecule has 7 nitrogen and oxygen atoms in total. The number of nitrogens with one attached hydrogen (secondary N) is 1. The molecule has 0 saturated carbocycles. The van der Waals surface area contributed by atoms with E-state index in [4.69, 9.17) is 0 Å². The average molecular weight is 331 g/mol. The van der Waals surface area contributed by atoms with E-state index < -0.39 is 17.9 Å². The Morgan fingerprint density at radius 1 is 1.29 bits per heavy atom. The van der Waals surface area contributed by atoms with Crippen LogP contribution in [0.25, 0.3) is 0 Å². The number of rotatable bonds is 5. The number of carbonyl (C=O) groups excluding carboxylic acids is 2. The van der Waals surface area contributed by atoms with Gasteiger partial charge in [0.25, 0.3) is 5.91 Å². The van der Waals surface area contributed by atoms with E-state index in [0.717, 1.165) is 4.90 Å². The summed E-state index contributed by atoms with van der Waals surface area (Å²) in [6.45, 7) is 3.85. The summed E-state index contributed by atoms with van der Waals surface area (Å²) in [6, 6.07) is 5.01. The maximum absolute atomic E-state index is 13.7. The van der Waals surface area contributed by atoms with Crippen LogP contribution in [-0.4, -0.2) is 37.9 Å². The molecule has 1 aliphatic rings. The predicted molar refractivity (Wildman–Crippen MR) is 83.4 cm³/mol. The molecule has 2 heterocycles. The Hall–Kier alpha value is -2.77. The molecule has 126 valence electrons. The lowest BCUT2D eigenvalue weighted by atomic mass is 10.1. The molecule has 1 aliphatic heterocycles. The van der Waals surface area contributed by atoms with Gasteiger partial charge in [-0.15, -0.1) is 5.10 Å². The normalized spacial score (nSPS) is 17.7. The van der Waals surface area contributed by atoms with Crippen molar-refractivity contribution in [2.75, 3.05) is 0 Å². The number of halogens is 1. The van der Waals surface area contributed by atoms with Crippen LogP contribution in [0.2, 0.25) is 0 Å². The first-order valence-electron chi connectivity index (χ1n) is 7.71. The van der Waals surface area contributed by atoms with Crippen molar-refractivity contribution >= 4 is 11.9 Å². The molecule has 1 atom stereocenters. The molecule has 2 aromatic rings. The van der Waals surface area contributed by atoms with E-state index in [1.807, 2.05) is 13.8 Å². The summed E-state index contributed by atoms with van der Waals surface area (Å²) in [5.41, 5.74) is 0.919. The Balaban J connectivity index is 1.70. The van der Waals surface area contributed by atoms with Crippen LogP contribution in [0.3, 0.4) is 0 Å². The van der Waals surface area contributed by atoms with Crippen LogP contribution < -0.4 is 5.32 Å². The first-order chi connectivity index (χ1) is 11.5. The zero-order chi connectivity index (χ0) is 17.3. The number of imide groups is 1. The number of amides is 3. The van der Waals surface area contributed by atoms with Gasteiger partial charge in [-0.25, -0.2) is 13.9 Å². The van der Waals surface area contributed by atoms with Crippen molar-refractivity contribution in [1.82, 2.24) is 25.2 Å². The molecule has 0 bridgehead atoms. The standard InChI is InChI=1S/C16H18FN5O2/c1-10(2)22-9-12(19-20-22)7-14-15(23)21(16(24)18-14)8-11-5-3-4-6-13(11)17/h3-6,9-10,14H,7-8H2,1-2H3,(H,18,24). The molecule has 8 heteroatoms. The van der Waals surface area contributed by atoms with Gasteiger partial charge >= 0.3 is 6.03 Å². The highest BCUT2D eigenvalue weighted by atomic mass is 19.1. The van der Waals surface area contributed by atoms with Crippen LogP contribution in [0, 0.1) is 5.82 Å². The number of benzene rings is 1. The van der Waals surface area contributed by atoms with Gasteiger partial charge in [0, 0.05) is 24.2 Å². The quantitative estimate of drug-likeness (QED) is 0.845. The van der Waals surface area contributed by atoms with Crippen molar-refractivity contribution in [1.29, 1.82) is 0 Å². The zero-order valence-corrected chi connectivity index (χ0v) is 13.4. The topological polar surface area (TPSA) is 80.1 Å². The van der Waals surface area contributed by atoms with E-state index in [2.05, 4.69) is 15.6 Å². The maximum atomic E-state index is 13.7. The summed E-state index contributed by atoms with van der Waals surface area (Å²) in [5.74, 6) is -0.830. The van der Waals surface area contributed by atoms with E-state index in [1.165, 1.54) is 6.07 Å². The van der Waals surface area contributed by atoms with Crippen molar-refractivity contribution < 1.29 is 14.0 Å². The second-order valence-electron chi connectivity index (χ2n) is 6.01. The van der Waals surface area contributed by atoms with Crippen molar-refractivity contribution in [2.24, 2.45) is 0 Å². The highest BCUT2D eigenvalue weighted by Crippen LogP contribution is 2.16. The van der Waals surface area contributed by atoms with Gasteiger partial charge in [-0.2, -0.15) is 0 Å². The van der Waals surface area contributed by atoms with Crippen molar-refractivity contribution in [3.8, 4) is 0 Å². The Morgan fingerprint density at radius 3 is 2.71 bits per heavy atom. The summed E-state index contributed by atoms with van der Waals surface area (Å²) in [5, 5.41) is 10.6. The molecule has 1 N–H and O–H groups in total. The van der Waals surface area contributed by atoms with E-state index in [1.54, 1.807) is 29.1 Å². The maximum Gasteiger partial charge on any atom is 0.325 e. The van der Waals surface area contributed by atoms with Gasteiger partial charge < -0.3 is 5.32 Å². The first-order valence-corrected chi connectivity index (χ1v) is 7.71. The van der Waals surface area contributed by atoms with Gasteiger partial charge in [-0.05, 0) is 19.9 Å². The molecule has 0 aliphatic carbocycles. The lowest BCUT2D eigenvalue weighted by Gasteiger charge is -2.13. The molecular weight excluding hydrogens is 313 g/mol. The molecule has 0 spiro atoms. The van der Waals surface area contributed by atoms with Crippen molar-refractivity contribution in [3.63, 3.8) is 0 Å². The second-order valence-corrected chi connectivity index (χ2v) is 6.01. The van der Waals surface area contributed by atoms with Gasteiger partial charge in [0.15, 0.2) is 0 Å². The SMILES string of the molecule is CC(C)n1cc(CC2NC(=O)N(Cc3ccccc3F)C2=O)nn1. The zero-order valence-electron chi connectivity index (χ0n) is 13.4. The Labute approximate surface area is 138 Å².